The Labute approximate surface area is 313 Å². The van der Waals surface area contributed by atoms with Crippen molar-refractivity contribution in [2.45, 2.75) is 95.0 Å². The quantitative estimate of drug-likeness (QED) is 0.300. The van der Waals surface area contributed by atoms with Crippen LogP contribution in [0.15, 0.2) is 42.6 Å². The zero-order valence-electron chi connectivity index (χ0n) is 30.9. The molecule has 5 heterocycles. The zero-order valence-corrected chi connectivity index (χ0v) is 30.9. The number of cyclic esters (lactones) is 1. The monoisotopic (exact) mass is 747 g/mol. The molecule has 4 fully saturated rings. The van der Waals surface area contributed by atoms with E-state index in [1.807, 2.05) is 13.0 Å². The molecule has 7 atom stereocenters. The summed E-state index contributed by atoms with van der Waals surface area (Å²) in [4.78, 5) is 101. The molecular formula is C37H49N9O8. The van der Waals surface area contributed by atoms with Gasteiger partial charge in [-0.1, -0.05) is 37.3 Å². The van der Waals surface area contributed by atoms with Gasteiger partial charge in [0, 0.05) is 45.4 Å². The highest BCUT2D eigenvalue weighted by molar-refractivity contribution is 5.98. The maximum atomic E-state index is 14.4. The average molecular weight is 748 g/mol. The minimum Gasteiger partial charge on any atom is -0.461 e. The fraction of sp³-hybridized carbons (Fsp3) is 0.568. The summed E-state index contributed by atoms with van der Waals surface area (Å²) < 4.78 is 7.23. The number of aromatic nitrogens is 2. The molecule has 4 aliphatic rings. The Bertz CT molecular complexity index is 1750. The van der Waals surface area contributed by atoms with Gasteiger partial charge in [-0.15, -0.1) is 0 Å². The van der Waals surface area contributed by atoms with Crippen LogP contribution in [0.25, 0.3) is 0 Å². The summed E-state index contributed by atoms with van der Waals surface area (Å²) in [5.74, 6) is -3.24. The molecule has 290 valence electrons. The minimum atomic E-state index is -1.44. The Kier molecular flexibility index (Phi) is 11.8. The van der Waals surface area contributed by atoms with Gasteiger partial charge in [-0.25, -0.2) is 9.59 Å². The van der Waals surface area contributed by atoms with E-state index < -0.39 is 84.4 Å². The number of urea groups is 1. The van der Waals surface area contributed by atoms with Crippen molar-refractivity contribution in [1.82, 2.24) is 40.4 Å². The number of fused-ring (bicyclic) bond motifs is 3. The number of hydrogen-bond acceptors (Lipinski definition) is 9. The first kappa shape index (κ1) is 38.3. The third-order valence-corrected chi connectivity index (χ3v) is 10.6. The number of benzene rings is 1. The number of piperidine rings is 1. The molecule has 4 saturated heterocycles. The van der Waals surface area contributed by atoms with Gasteiger partial charge in [0.2, 0.25) is 29.5 Å². The highest BCUT2D eigenvalue weighted by atomic mass is 16.5. The summed E-state index contributed by atoms with van der Waals surface area (Å²) in [6.07, 6.45) is 4.64. The second-order valence-electron chi connectivity index (χ2n) is 14.7. The zero-order chi connectivity index (χ0) is 38.5. The van der Waals surface area contributed by atoms with Crippen LogP contribution in [0.1, 0.15) is 57.9 Å². The van der Waals surface area contributed by atoms with Gasteiger partial charge < -0.3 is 35.4 Å². The number of carbonyl (C=O) groups is 7. The topological polar surface area (TPSA) is 204 Å². The normalized spacial score (nSPS) is 27.3. The van der Waals surface area contributed by atoms with Crippen molar-refractivity contribution in [2.75, 3.05) is 31.6 Å². The van der Waals surface area contributed by atoms with Crippen LogP contribution in [0.5, 0.6) is 0 Å². The van der Waals surface area contributed by atoms with Crippen molar-refractivity contribution in [2.24, 2.45) is 13.0 Å². The van der Waals surface area contributed by atoms with Crippen LogP contribution in [-0.4, -0.2) is 129 Å². The lowest BCUT2D eigenvalue weighted by Crippen LogP contribution is -2.62. The first-order valence-electron chi connectivity index (χ1n) is 18.7. The van der Waals surface area contributed by atoms with Crippen LogP contribution >= 0.6 is 0 Å². The van der Waals surface area contributed by atoms with Gasteiger partial charge in [-0.2, -0.15) is 5.10 Å². The number of rotatable bonds is 6. The Morgan fingerprint density at radius 1 is 0.889 bits per heavy atom. The third-order valence-electron chi connectivity index (χ3n) is 10.6. The lowest BCUT2D eigenvalue weighted by Gasteiger charge is -2.39. The van der Waals surface area contributed by atoms with Gasteiger partial charge in [0.05, 0.1) is 0 Å². The van der Waals surface area contributed by atoms with Crippen LogP contribution in [-0.2, 0) is 47.0 Å². The molecule has 0 spiro atoms. The molecule has 1 unspecified atom stereocenters. The molecule has 0 saturated carbocycles. The highest BCUT2D eigenvalue weighted by Crippen LogP contribution is 2.28. The highest BCUT2D eigenvalue weighted by Gasteiger charge is 2.46. The van der Waals surface area contributed by atoms with Crippen molar-refractivity contribution in [3.63, 3.8) is 0 Å². The van der Waals surface area contributed by atoms with E-state index in [0.29, 0.717) is 45.1 Å². The molecule has 17 heteroatoms. The van der Waals surface area contributed by atoms with E-state index in [1.54, 1.807) is 50.5 Å². The first-order chi connectivity index (χ1) is 25.9. The molecule has 0 radical (unpaired) electrons. The molecule has 7 amide bonds. The number of nitrogens with one attached hydrogen (secondary N) is 4. The molecule has 6 rings (SSSR count). The molecule has 54 heavy (non-hydrogen) atoms. The van der Waals surface area contributed by atoms with Crippen LogP contribution < -0.4 is 21.3 Å². The second kappa shape index (κ2) is 16.7. The standard InChI is InChI=1S/C37H49N9O8/c1-22-18-29-36(52)54-21-26(39-31(47)25(19-24-10-5-4-6-11-24)40-37(53)41-30-14-17-43(3)42-30)34(50)45-16-9-13-28(45)35(51)44-15-8-7-12-27(44)32(48)38-23(2)33(49)46(29)20-22/h4-6,10-11,14,17,22-23,25-29H,7-9,12-13,15-16,18-21H2,1-3H3,(H,38,48)(H,39,47)(H2,40,41,42,53)/t22-,23+,25+,26?,27+,28+,29+/m1/s1. The molecule has 0 bridgehead atoms. The number of hydrogen-bond donors (Lipinski definition) is 4. The molecule has 1 aromatic carbocycles. The molecular weight excluding hydrogens is 698 g/mol. The summed E-state index contributed by atoms with van der Waals surface area (Å²) >= 11 is 0. The number of ether oxygens (including phenoxy) is 1. The number of anilines is 1. The number of amides is 7. The molecule has 1 aromatic heterocycles. The van der Waals surface area contributed by atoms with Crippen molar-refractivity contribution >= 4 is 47.4 Å². The van der Waals surface area contributed by atoms with Crippen molar-refractivity contribution < 1.29 is 38.3 Å². The Morgan fingerprint density at radius 2 is 1.61 bits per heavy atom. The van der Waals surface area contributed by atoms with E-state index in [4.69, 9.17) is 4.74 Å². The maximum Gasteiger partial charge on any atom is 0.328 e. The number of nitrogens with zero attached hydrogens (tertiary/aromatic N) is 5. The smallest absolute Gasteiger partial charge is 0.328 e. The molecule has 2 aromatic rings. The van der Waals surface area contributed by atoms with E-state index in [0.717, 1.165) is 5.56 Å². The van der Waals surface area contributed by atoms with Gasteiger partial charge >= 0.3 is 12.0 Å². The van der Waals surface area contributed by atoms with Crippen LogP contribution in [0.2, 0.25) is 0 Å². The number of aryl methyl sites for hydroxylation is 1. The maximum absolute atomic E-state index is 14.4. The third kappa shape index (κ3) is 8.66. The number of carbonyl (C=O) groups excluding carboxylic acids is 7. The molecule has 0 aliphatic carbocycles. The molecule has 17 nitrogen and oxygen atoms in total. The van der Waals surface area contributed by atoms with Crippen molar-refractivity contribution in [3.05, 3.63) is 48.2 Å². The van der Waals surface area contributed by atoms with E-state index in [1.165, 1.54) is 19.4 Å². The van der Waals surface area contributed by atoms with E-state index in [9.17, 15) is 33.6 Å². The van der Waals surface area contributed by atoms with Crippen LogP contribution in [0, 0.1) is 5.92 Å². The SMILES string of the molecule is C[C@@H]1C[C@H]2C(=O)OCC(NC(=O)[C@H](Cc3ccccc3)NC(=O)Nc3ccn(C)n3)C(=O)N3CCC[C@H]3C(=O)N3CCCC[C@H]3C(=O)N[C@@H](C)C(=O)N2C1. The molecule has 4 N–H and O–H groups in total. The Hall–Kier alpha value is -5.48. The summed E-state index contributed by atoms with van der Waals surface area (Å²) in [7, 11) is 1.69. The van der Waals surface area contributed by atoms with E-state index >= 15 is 0 Å². The summed E-state index contributed by atoms with van der Waals surface area (Å²) in [5, 5.41) is 14.9. The summed E-state index contributed by atoms with van der Waals surface area (Å²) in [6.45, 7) is 3.66. The van der Waals surface area contributed by atoms with Gasteiger partial charge in [0.15, 0.2) is 5.82 Å². The fourth-order valence-corrected chi connectivity index (χ4v) is 7.84. The first-order valence-corrected chi connectivity index (χ1v) is 18.7. The largest absolute Gasteiger partial charge is 0.461 e. The van der Waals surface area contributed by atoms with Gasteiger partial charge in [-0.05, 0) is 56.9 Å². The van der Waals surface area contributed by atoms with Crippen molar-refractivity contribution in [3.8, 4) is 0 Å². The lowest BCUT2D eigenvalue weighted by molar-refractivity contribution is -0.158. The second-order valence-corrected chi connectivity index (χ2v) is 14.7. The van der Waals surface area contributed by atoms with E-state index in [-0.39, 0.29) is 31.2 Å². The minimum absolute atomic E-state index is 0.0486. The molecule has 4 aliphatic heterocycles. The van der Waals surface area contributed by atoms with Gasteiger partial charge in [-0.3, -0.25) is 34.0 Å². The Balaban J connectivity index is 1.29. The fourth-order valence-electron chi connectivity index (χ4n) is 7.84. The predicted octanol–water partition coefficient (Wildman–Crippen LogP) is 0.308. The lowest BCUT2D eigenvalue weighted by atomic mass is 9.99. The van der Waals surface area contributed by atoms with Gasteiger partial charge in [0.25, 0.3) is 0 Å². The average Bonchev–Trinajstić information content (AvgIpc) is 3.91. The van der Waals surface area contributed by atoms with E-state index in [2.05, 4.69) is 26.4 Å². The van der Waals surface area contributed by atoms with Crippen LogP contribution in [0.4, 0.5) is 10.6 Å². The number of esters is 1. The summed E-state index contributed by atoms with van der Waals surface area (Å²) in [6, 6.07) is 3.56. The van der Waals surface area contributed by atoms with Gasteiger partial charge in [0.1, 0.15) is 42.9 Å². The Morgan fingerprint density at radius 3 is 2.35 bits per heavy atom. The van der Waals surface area contributed by atoms with Crippen molar-refractivity contribution in [1.29, 1.82) is 0 Å². The summed E-state index contributed by atoms with van der Waals surface area (Å²) in [5.41, 5.74) is 0.728. The van der Waals surface area contributed by atoms with Crippen LogP contribution in [0.3, 0.4) is 0 Å². The predicted molar refractivity (Wildman–Crippen MR) is 193 cm³/mol.